The van der Waals surface area contributed by atoms with Crippen LogP contribution in [0.5, 0.6) is 5.75 Å². The molecule has 2 atom stereocenters. The van der Waals surface area contributed by atoms with Gasteiger partial charge < -0.3 is 20.5 Å². The maximum atomic E-state index is 12.8. The van der Waals surface area contributed by atoms with E-state index in [9.17, 15) is 14.7 Å². The molecule has 0 radical (unpaired) electrons. The van der Waals surface area contributed by atoms with E-state index in [0.29, 0.717) is 18.2 Å². The molecule has 1 aromatic carbocycles. The summed E-state index contributed by atoms with van der Waals surface area (Å²) in [5.41, 5.74) is 3.69. The summed E-state index contributed by atoms with van der Waals surface area (Å²) in [5, 5.41) is 20.4. The molecular formula is C28H32N4O4S. The minimum Gasteiger partial charge on any atom is -0.508 e. The molecule has 8 nitrogen and oxygen atoms in total. The van der Waals surface area contributed by atoms with Crippen molar-refractivity contribution >= 4 is 28.3 Å². The van der Waals surface area contributed by atoms with E-state index >= 15 is 0 Å². The molecule has 3 N–H and O–H groups in total. The molecule has 2 aromatic heterocycles. The third-order valence-electron chi connectivity index (χ3n) is 6.66. The van der Waals surface area contributed by atoms with E-state index in [0.717, 1.165) is 53.1 Å². The summed E-state index contributed by atoms with van der Waals surface area (Å²) < 4.78 is 7.31. The van der Waals surface area contributed by atoms with E-state index in [2.05, 4.69) is 21.7 Å². The van der Waals surface area contributed by atoms with Crippen LogP contribution in [-0.2, 0) is 35.5 Å². The van der Waals surface area contributed by atoms with E-state index in [4.69, 9.17) is 11.2 Å². The molecule has 2 amide bonds. The van der Waals surface area contributed by atoms with Crippen molar-refractivity contribution in [2.75, 3.05) is 11.9 Å². The Morgan fingerprint density at radius 2 is 2.22 bits per heavy atom. The Balaban J connectivity index is 1.30. The average Bonchev–Trinajstić information content (AvgIpc) is 3.48. The van der Waals surface area contributed by atoms with Crippen molar-refractivity contribution in [3.05, 3.63) is 63.8 Å². The summed E-state index contributed by atoms with van der Waals surface area (Å²) in [6.45, 7) is 5.38. The van der Waals surface area contributed by atoms with Crippen LogP contribution >= 0.6 is 11.3 Å². The predicted octanol–water partition coefficient (Wildman–Crippen LogP) is 4.82. The maximum absolute atomic E-state index is 12.8. The normalized spacial score (nSPS) is 15.3. The second kappa shape index (κ2) is 12.0. The molecule has 9 heteroatoms. The van der Waals surface area contributed by atoms with Gasteiger partial charge in [0, 0.05) is 24.0 Å². The molecule has 1 aliphatic rings. The Bertz CT molecular complexity index is 1310. The van der Waals surface area contributed by atoms with Crippen LogP contribution in [0.15, 0.2) is 36.5 Å². The second-order valence-electron chi connectivity index (χ2n) is 9.30. The van der Waals surface area contributed by atoms with Gasteiger partial charge in [-0.05, 0) is 67.3 Å². The third-order valence-corrected chi connectivity index (χ3v) is 7.83. The highest BCUT2D eigenvalue weighted by Gasteiger charge is 2.27. The Labute approximate surface area is 221 Å². The van der Waals surface area contributed by atoms with E-state index in [1.54, 1.807) is 24.4 Å². The number of aromatic nitrogens is 2. The number of thiophene rings is 1. The van der Waals surface area contributed by atoms with Crippen molar-refractivity contribution in [3.63, 3.8) is 0 Å². The monoisotopic (exact) mass is 520 g/mol. The molecule has 2 unspecified atom stereocenters. The van der Waals surface area contributed by atoms with Gasteiger partial charge in [-0.1, -0.05) is 25.0 Å². The Kier molecular flexibility index (Phi) is 8.51. The van der Waals surface area contributed by atoms with Crippen molar-refractivity contribution in [2.45, 2.75) is 58.5 Å². The van der Waals surface area contributed by atoms with Crippen LogP contribution in [-0.4, -0.2) is 33.5 Å². The second-order valence-corrected chi connectivity index (χ2v) is 10.4. The Hall–Kier alpha value is -3.77. The van der Waals surface area contributed by atoms with E-state index < -0.39 is 6.09 Å². The van der Waals surface area contributed by atoms with Crippen molar-refractivity contribution in [2.24, 2.45) is 5.92 Å². The first-order valence-electron chi connectivity index (χ1n) is 12.5. The number of nitrogens with one attached hydrogen (secondary N) is 2. The molecule has 1 aliphatic carbocycles. The molecule has 0 spiro atoms. The molecule has 37 heavy (non-hydrogen) atoms. The van der Waals surface area contributed by atoms with Gasteiger partial charge >= 0.3 is 6.09 Å². The summed E-state index contributed by atoms with van der Waals surface area (Å²) in [6.07, 6.45) is 9.76. The van der Waals surface area contributed by atoms with Gasteiger partial charge in [-0.2, -0.15) is 5.10 Å². The maximum Gasteiger partial charge on any atom is 0.407 e. The van der Waals surface area contributed by atoms with Gasteiger partial charge in [-0.25, -0.2) is 4.79 Å². The number of fused-ring (bicyclic) bond motifs is 1. The minimum absolute atomic E-state index is 0.0498. The first kappa shape index (κ1) is 26.3. The first-order chi connectivity index (χ1) is 17.9. The van der Waals surface area contributed by atoms with Crippen LogP contribution in [0, 0.1) is 18.3 Å². The van der Waals surface area contributed by atoms with Gasteiger partial charge in [0.05, 0.1) is 24.4 Å². The molecule has 4 rings (SSSR count). The molecule has 0 fully saturated rings. The molecule has 3 aromatic rings. The molecule has 0 aliphatic heterocycles. The van der Waals surface area contributed by atoms with Crippen LogP contribution in [0.4, 0.5) is 9.80 Å². The lowest BCUT2D eigenvalue weighted by Gasteiger charge is -2.22. The number of aryl methyl sites for hydroxylation is 1. The lowest BCUT2D eigenvalue weighted by Crippen LogP contribution is -2.28. The lowest BCUT2D eigenvalue weighted by molar-refractivity contribution is -0.116. The number of aromatic hydroxyl groups is 1. The number of phenols is 1. The highest BCUT2D eigenvalue weighted by Crippen LogP contribution is 2.39. The van der Waals surface area contributed by atoms with E-state index in [1.165, 1.54) is 11.3 Å². The first-order valence-corrected chi connectivity index (χ1v) is 13.3. The van der Waals surface area contributed by atoms with Crippen molar-refractivity contribution in [1.29, 1.82) is 0 Å². The number of hydrogen-bond donors (Lipinski definition) is 3. The highest BCUT2D eigenvalue weighted by atomic mass is 32.1. The number of carbonyl (C=O) groups is 2. The topological polar surface area (TPSA) is 105 Å². The zero-order valence-electron chi connectivity index (χ0n) is 21.1. The van der Waals surface area contributed by atoms with Gasteiger partial charge in [-0.15, -0.1) is 17.8 Å². The predicted molar refractivity (Wildman–Crippen MR) is 144 cm³/mol. The number of phenolic OH excluding ortho intramolecular Hbond substituents is 1. The summed E-state index contributed by atoms with van der Waals surface area (Å²) in [5.74, 6) is 2.98. The molecule has 2 heterocycles. The number of terminal acetylenes is 1. The highest BCUT2D eigenvalue weighted by molar-refractivity contribution is 7.16. The Morgan fingerprint density at radius 3 is 2.97 bits per heavy atom. The van der Waals surface area contributed by atoms with E-state index in [-0.39, 0.29) is 29.9 Å². The summed E-state index contributed by atoms with van der Waals surface area (Å²) in [7, 11) is 0. The standard InChI is InChI=1S/C28H32N4O4S/c1-4-23-24-10-9-19(17-36-28(35)29-16-21-11-12-30-32(21)5-2)14-25(24)37-27(23)31-26(34)13-18(3)20-7-6-8-22(33)15-20/h1,6-8,11-12,15,18-19,33H,5,9-10,13-14,16-17H2,2-3H3,(H,29,35)(H,31,34). The largest absolute Gasteiger partial charge is 0.508 e. The molecule has 0 saturated carbocycles. The van der Waals surface area contributed by atoms with Gasteiger partial charge in [0.2, 0.25) is 5.91 Å². The van der Waals surface area contributed by atoms with Crippen LogP contribution in [0.3, 0.4) is 0 Å². The van der Waals surface area contributed by atoms with Crippen molar-refractivity contribution in [1.82, 2.24) is 15.1 Å². The fraction of sp³-hybridized carbons (Fsp3) is 0.393. The smallest absolute Gasteiger partial charge is 0.407 e. The van der Waals surface area contributed by atoms with Crippen molar-refractivity contribution < 1.29 is 19.4 Å². The van der Waals surface area contributed by atoms with Crippen LogP contribution in [0.25, 0.3) is 0 Å². The zero-order valence-corrected chi connectivity index (χ0v) is 21.9. The molecule has 194 valence electrons. The number of alkyl carbamates (subject to hydrolysis) is 1. The third kappa shape index (κ3) is 6.52. The Morgan fingerprint density at radius 1 is 1.38 bits per heavy atom. The lowest BCUT2D eigenvalue weighted by atomic mass is 9.87. The average molecular weight is 521 g/mol. The van der Waals surface area contributed by atoms with Crippen LogP contribution in [0.2, 0.25) is 0 Å². The summed E-state index contributed by atoms with van der Waals surface area (Å²) in [6, 6.07) is 8.83. The van der Waals surface area contributed by atoms with Crippen molar-refractivity contribution in [3.8, 4) is 18.1 Å². The van der Waals surface area contributed by atoms with Gasteiger partial charge in [-0.3, -0.25) is 9.48 Å². The fourth-order valence-corrected chi connectivity index (χ4v) is 5.99. The number of carbonyl (C=O) groups excluding carboxylic acids is 2. The van der Waals surface area contributed by atoms with Gasteiger partial charge in [0.25, 0.3) is 0 Å². The quantitative estimate of drug-likeness (QED) is 0.351. The number of amides is 2. The molecular weight excluding hydrogens is 488 g/mol. The number of nitrogens with zero attached hydrogens (tertiary/aromatic N) is 2. The minimum atomic E-state index is -0.445. The number of ether oxygens (including phenoxy) is 1. The van der Waals surface area contributed by atoms with Crippen LogP contribution in [0.1, 0.15) is 59.9 Å². The van der Waals surface area contributed by atoms with E-state index in [1.807, 2.05) is 30.7 Å². The SMILES string of the molecule is C#Cc1c(NC(=O)CC(C)c2cccc(O)c2)sc2c1CCC(COC(=O)NCc1ccnn1CC)C2. The number of rotatable bonds is 9. The number of hydrogen-bond acceptors (Lipinski definition) is 6. The van der Waals surface area contributed by atoms with Gasteiger partial charge in [0.15, 0.2) is 0 Å². The number of benzene rings is 1. The van der Waals surface area contributed by atoms with Gasteiger partial charge in [0.1, 0.15) is 10.8 Å². The molecule has 0 bridgehead atoms. The molecule has 0 saturated heterocycles. The van der Waals surface area contributed by atoms with Crippen LogP contribution < -0.4 is 10.6 Å². The zero-order chi connectivity index (χ0) is 26.4. The fourth-order valence-electron chi connectivity index (χ4n) is 4.64. The number of anilines is 1. The summed E-state index contributed by atoms with van der Waals surface area (Å²) >= 11 is 1.51. The summed E-state index contributed by atoms with van der Waals surface area (Å²) in [4.78, 5) is 26.1.